The smallest absolute Gasteiger partial charge is 0.275 e. The number of thiazole rings is 1. The molecule has 0 atom stereocenters. The van der Waals surface area contributed by atoms with Crippen LogP contribution in [-0.2, 0) is 0 Å². The minimum atomic E-state index is -0.232. The molecule has 0 saturated carbocycles. The molecule has 1 aromatic heterocycles. The van der Waals surface area contributed by atoms with E-state index < -0.39 is 0 Å². The normalized spacial score (nSPS) is 10.2. The predicted octanol–water partition coefficient (Wildman–Crippen LogP) is 2.59. The molecule has 17 heavy (non-hydrogen) atoms. The third kappa shape index (κ3) is 2.62. The molecule has 0 spiro atoms. The number of carbonyl (C=O) groups is 1. The first-order valence-corrected chi connectivity index (χ1v) is 6.04. The second-order valence-corrected chi connectivity index (χ2v) is 4.86. The molecular formula is C12H13N3OS. The van der Waals surface area contributed by atoms with Crippen molar-refractivity contribution in [2.24, 2.45) is 0 Å². The number of benzene rings is 1. The molecular weight excluding hydrogens is 234 g/mol. The van der Waals surface area contributed by atoms with Gasteiger partial charge in [0.15, 0.2) is 0 Å². The van der Waals surface area contributed by atoms with Gasteiger partial charge in [-0.15, -0.1) is 11.3 Å². The highest BCUT2D eigenvalue weighted by atomic mass is 32.1. The third-order valence-corrected chi connectivity index (χ3v) is 3.08. The predicted molar refractivity (Wildman–Crippen MR) is 70.4 cm³/mol. The van der Waals surface area contributed by atoms with E-state index in [1.165, 1.54) is 11.3 Å². The van der Waals surface area contributed by atoms with Gasteiger partial charge in [0, 0.05) is 5.38 Å². The lowest BCUT2D eigenvalue weighted by atomic mass is 10.2. The quantitative estimate of drug-likeness (QED) is 0.801. The summed E-state index contributed by atoms with van der Waals surface area (Å²) in [7, 11) is 0. The first-order valence-electron chi connectivity index (χ1n) is 5.16. The summed E-state index contributed by atoms with van der Waals surface area (Å²) in [5.41, 5.74) is 8.48. The van der Waals surface area contributed by atoms with Crippen molar-refractivity contribution in [3.05, 3.63) is 39.8 Å². The van der Waals surface area contributed by atoms with Crippen molar-refractivity contribution in [2.45, 2.75) is 13.8 Å². The Bertz CT molecular complexity index is 563. The van der Waals surface area contributed by atoms with Crippen LogP contribution in [0.2, 0.25) is 0 Å². The van der Waals surface area contributed by atoms with Gasteiger partial charge in [0.2, 0.25) is 0 Å². The summed E-state index contributed by atoms with van der Waals surface area (Å²) in [6.07, 6.45) is 0. The maximum atomic E-state index is 11.8. The number of amides is 1. The van der Waals surface area contributed by atoms with Gasteiger partial charge in [-0.25, -0.2) is 4.98 Å². The minimum Gasteiger partial charge on any atom is -0.397 e. The van der Waals surface area contributed by atoms with E-state index in [9.17, 15) is 4.79 Å². The number of hydrogen-bond donors (Lipinski definition) is 2. The zero-order valence-electron chi connectivity index (χ0n) is 9.65. The number of rotatable bonds is 2. The highest BCUT2D eigenvalue weighted by molar-refractivity contribution is 7.09. The molecule has 1 amide bonds. The standard InChI is InChI=1S/C12H13N3OS/c1-7-3-4-10(9(13)5-7)15-12(16)11-6-17-8(2)14-11/h3-6H,13H2,1-2H3,(H,15,16). The maximum Gasteiger partial charge on any atom is 0.275 e. The summed E-state index contributed by atoms with van der Waals surface area (Å²) in [6.45, 7) is 3.81. The summed E-state index contributed by atoms with van der Waals surface area (Å²) >= 11 is 1.45. The van der Waals surface area contributed by atoms with Gasteiger partial charge in [-0.3, -0.25) is 4.79 Å². The van der Waals surface area contributed by atoms with Gasteiger partial charge in [-0.2, -0.15) is 0 Å². The highest BCUT2D eigenvalue weighted by Crippen LogP contribution is 2.20. The molecule has 3 N–H and O–H groups in total. The first-order chi connectivity index (χ1) is 8.06. The number of nitrogens with one attached hydrogen (secondary N) is 1. The number of hydrogen-bond acceptors (Lipinski definition) is 4. The van der Waals surface area contributed by atoms with Gasteiger partial charge in [-0.1, -0.05) is 6.07 Å². The van der Waals surface area contributed by atoms with Gasteiger partial charge in [0.05, 0.1) is 16.4 Å². The van der Waals surface area contributed by atoms with E-state index in [0.29, 0.717) is 17.1 Å². The van der Waals surface area contributed by atoms with E-state index in [4.69, 9.17) is 5.73 Å². The minimum absolute atomic E-state index is 0.232. The number of nitrogens with zero attached hydrogens (tertiary/aromatic N) is 1. The monoisotopic (exact) mass is 247 g/mol. The van der Waals surface area contributed by atoms with Crippen molar-refractivity contribution in [3.63, 3.8) is 0 Å². The number of nitrogen functional groups attached to an aromatic ring is 1. The van der Waals surface area contributed by atoms with Crippen molar-refractivity contribution in [2.75, 3.05) is 11.1 Å². The molecule has 2 rings (SSSR count). The summed E-state index contributed by atoms with van der Waals surface area (Å²) in [6, 6.07) is 5.52. The van der Waals surface area contributed by atoms with Crippen molar-refractivity contribution < 1.29 is 4.79 Å². The Morgan fingerprint density at radius 3 is 2.76 bits per heavy atom. The molecule has 0 bridgehead atoms. The van der Waals surface area contributed by atoms with E-state index >= 15 is 0 Å². The Balaban J connectivity index is 2.18. The van der Waals surface area contributed by atoms with Crippen LogP contribution in [0.4, 0.5) is 11.4 Å². The molecule has 0 radical (unpaired) electrons. The van der Waals surface area contributed by atoms with E-state index in [1.54, 1.807) is 11.4 Å². The Kier molecular flexibility index (Phi) is 3.10. The summed E-state index contributed by atoms with van der Waals surface area (Å²) in [5, 5.41) is 5.35. The van der Waals surface area contributed by atoms with Gasteiger partial charge < -0.3 is 11.1 Å². The van der Waals surface area contributed by atoms with Crippen molar-refractivity contribution >= 4 is 28.6 Å². The van der Waals surface area contributed by atoms with Gasteiger partial charge in [-0.05, 0) is 31.5 Å². The first kappa shape index (κ1) is 11.6. The molecule has 2 aromatic rings. The molecule has 0 aliphatic carbocycles. The van der Waals surface area contributed by atoms with Crippen LogP contribution >= 0.6 is 11.3 Å². The zero-order chi connectivity index (χ0) is 12.4. The van der Waals surface area contributed by atoms with Crippen LogP contribution in [-0.4, -0.2) is 10.9 Å². The number of aryl methyl sites for hydroxylation is 2. The number of carbonyl (C=O) groups excluding carboxylic acids is 1. The molecule has 1 heterocycles. The molecule has 0 unspecified atom stereocenters. The fourth-order valence-corrected chi connectivity index (χ4v) is 2.04. The van der Waals surface area contributed by atoms with Crippen LogP contribution in [0.25, 0.3) is 0 Å². The summed E-state index contributed by atoms with van der Waals surface area (Å²) in [4.78, 5) is 16.0. The van der Waals surface area contributed by atoms with Crippen LogP contribution < -0.4 is 11.1 Å². The topological polar surface area (TPSA) is 68.0 Å². The van der Waals surface area contributed by atoms with Crippen LogP contribution in [0.3, 0.4) is 0 Å². The average molecular weight is 247 g/mol. The lowest BCUT2D eigenvalue weighted by molar-refractivity contribution is 0.102. The van der Waals surface area contributed by atoms with Crippen molar-refractivity contribution in [3.8, 4) is 0 Å². The van der Waals surface area contributed by atoms with Crippen LogP contribution in [0.5, 0.6) is 0 Å². The van der Waals surface area contributed by atoms with Crippen LogP contribution in [0.15, 0.2) is 23.6 Å². The molecule has 0 saturated heterocycles. The Labute approximate surface area is 103 Å². The van der Waals surface area contributed by atoms with Crippen molar-refractivity contribution in [1.29, 1.82) is 0 Å². The third-order valence-electron chi connectivity index (χ3n) is 2.31. The Morgan fingerprint density at radius 1 is 1.41 bits per heavy atom. The number of aromatic nitrogens is 1. The van der Waals surface area contributed by atoms with Crippen LogP contribution in [0, 0.1) is 13.8 Å². The fourth-order valence-electron chi connectivity index (χ4n) is 1.45. The molecule has 4 nitrogen and oxygen atoms in total. The summed E-state index contributed by atoms with van der Waals surface area (Å²) in [5.74, 6) is -0.232. The molecule has 0 aliphatic rings. The summed E-state index contributed by atoms with van der Waals surface area (Å²) < 4.78 is 0. The Hall–Kier alpha value is -1.88. The average Bonchev–Trinajstić information content (AvgIpc) is 2.69. The number of nitrogens with two attached hydrogens (primary N) is 1. The molecule has 0 fully saturated rings. The highest BCUT2D eigenvalue weighted by Gasteiger charge is 2.10. The second-order valence-electron chi connectivity index (χ2n) is 3.80. The van der Waals surface area contributed by atoms with E-state index in [-0.39, 0.29) is 5.91 Å². The van der Waals surface area contributed by atoms with E-state index in [0.717, 1.165) is 10.6 Å². The maximum absolute atomic E-state index is 11.8. The zero-order valence-corrected chi connectivity index (χ0v) is 10.5. The lowest BCUT2D eigenvalue weighted by Crippen LogP contribution is -2.13. The van der Waals surface area contributed by atoms with Crippen LogP contribution in [0.1, 0.15) is 21.1 Å². The van der Waals surface area contributed by atoms with E-state index in [2.05, 4.69) is 10.3 Å². The van der Waals surface area contributed by atoms with Gasteiger partial charge in [0.25, 0.3) is 5.91 Å². The molecule has 1 aromatic carbocycles. The second kappa shape index (κ2) is 4.55. The SMILES string of the molecule is Cc1ccc(NC(=O)c2csc(C)n2)c(N)c1. The van der Waals surface area contributed by atoms with Crippen molar-refractivity contribution in [1.82, 2.24) is 4.98 Å². The van der Waals surface area contributed by atoms with Gasteiger partial charge in [0.1, 0.15) is 5.69 Å². The largest absolute Gasteiger partial charge is 0.397 e. The number of anilines is 2. The molecule has 88 valence electrons. The molecule has 5 heteroatoms. The Morgan fingerprint density at radius 2 is 2.18 bits per heavy atom. The van der Waals surface area contributed by atoms with Gasteiger partial charge >= 0.3 is 0 Å². The lowest BCUT2D eigenvalue weighted by Gasteiger charge is -2.07. The molecule has 0 aliphatic heterocycles. The van der Waals surface area contributed by atoms with E-state index in [1.807, 2.05) is 26.0 Å². The fraction of sp³-hybridized carbons (Fsp3) is 0.167.